The van der Waals surface area contributed by atoms with Gasteiger partial charge in [0, 0.05) is 26.7 Å². The van der Waals surface area contributed by atoms with Crippen LogP contribution in [0.25, 0.3) is 0 Å². The molecule has 0 saturated carbocycles. The third kappa shape index (κ3) is 6.27. The van der Waals surface area contributed by atoms with E-state index >= 15 is 0 Å². The highest BCUT2D eigenvalue weighted by Crippen LogP contribution is 2.05. The number of amides is 2. The SMILES string of the molecule is CN(C)CCN(C)C(=O)NCCc1cccc(C(=O)O)c1. The minimum absolute atomic E-state index is 0.119. The van der Waals surface area contributed by atoms with Crippen LogP contribution in [0.2, 0.25) is 0 Å². The van der Waals surface area contributed by atoms with E-state index in [9.17, 15) is 9.59 Å². The summed E-state index contributed by atoms with van der Waals surface area (Å²) in [4.78, 5) is 26.3. The number of urea groups is 1. The van der Waals surface area contributed by atoms with Crippen molar-refractivity contribution in [2.24, 2.45) is 0 Å². The first-order valence-electron chi connectivity index (χ1n) is 6.86. The quantitative estimate of drug-likeness (QED) is 0.790. The van der Waals surface area contributed by atoms with Crippen LogP contribution < -0.4 is 5.32 Å². The second-order valence-electron chi connectivity index (χ2n) is 5.21. The molecular weight excluding hydrogens is 270 g/mol. The van der Waals surface area contributed by atoms with Gasteiger partial charge in [0.25, 0.3) is 0 Å². The van der Waals surface area contributed by atoms with Crippen molar-refractivity contribution in [3.63, 3.8) is 0 Å². The number of carboxylic acid groups (broad SMARTS) is 1. The van der Waals surface area contributed by atoms with Gasteiger partial charge >= 0.3 is 12.0 Å². The fourth-order valence-corrected chi connectivity index (χ4v) is 1.76. The summed E-state index contributed by atoms with van der Waals surface area (Å²) in [6.45, 7) is 1.95. The molecule has 0 unspecified atom stereocenters. The Kier molecular flexibility index (Phi) is 6.68. The molecule has 0 radical (unpaired) electrons. The molecular formula is C15H23N3O3. The normalized spacial score (nSPS) is 10.5. The first-order valence-corrected chi connectivity index (χ1v) is 6.86. The predicted octanol–water partition coefficient (Wildman–Crippen LogP) is 1.13. The van der Waals surface area contributed by atoms with Crippen LogP contribution in [0, 0.1) is 0 Å². The number of carbonyl (C=O) groups excluding carboxylic acids is 1. The number of aromatic carboxylic acids is 1. The van der Waals surface area contributed by atoms with E-state index in [0.29, 0.717) is 19.5 Å². The van der Waals surface area contributed by atoms with E-state index in [0.717, 1.165) is 12.1 Å². The molecule has 0 atom stereocenters. The van der Waals surface area contributed by atoms with Crippen LogP contribution in [0.3, 0.4) is 0 Å². The molecule has 0 bridgehead atoms. The smallest absolute Gasteiger partial charge is 0.335 e. The Morgan fingerprint density at radius 2 is 1.90 bits per heavy atom. The second-order valence-corrected chi connectivity index (χ2v) is 5.21. The standard InChI is InChI=1S/C15H23N3O3/c1-17(2)9-10-18(3)15(21)16-8-7-12-5-4-6-13(11-12)14(19)20/h4-6,11H,7-10H2,1-3H3,(H,16,21)(H,19,20). The number of hydrogen-bond acceptors (Lipinski definition) is 3. The monoisotopic (exact) mass is 293 g/mol. The molecule has 0 spiro atoms. The molecule has 1 aromatic rings. The molecule has 0 fully saturated rings. The lowest BCUT2D eigenvalue weighted by Gasteiger charge is -2.20. The number of nitrogens with one attached hydrogen (secondary N) is 1. The van der Waals surface area contributed by atoms with Gasteiger partial charge in [-0.3, -0.25) is 0 Å². The summed E-state index contributed by atoms with van der Waals surface area (Å²) in [7, 11) is 5.67. The molecule has 6 heteroatoms. The molecule has 6 nitrogen and oxygen atoms in total. The van der Waals surface area contributed by atoms with Crippen LogP contribution in [0.4, 0.5) is 4.79 Å². The molecule has 1 aromatic carbocycles. The molecule has 116 valence electrons. The lowest BCUT2D eigenvalue weighted by atomic mass is 10.1. The largest absolute Gasteiger partial charge is 0.478 e. The molecule has 1 rings (SSSR count). The van der Waals surface area contributed by atoms with Gasteiger partial charge in [0.1, 0.15) is 0 Å². The summed E-state index contributed by atoms with van der Waals surface area (Å²) >= 11 is 0. The average molecular weight is 293 g/mol. The van der Waals surface area contributed by atoms with Crippen LogP contribution in [0.15, 0.2) is 24.3 Å². The molecule has 21 heavy (non-hydrogen) atoms. The van der Waals surface area contributed by atoms with Gasteiger partial charge in [-0.05, 0) is 38.2 Å². The van der Waals surface area contributed by atoms with Crippen molar-refractivity contribution in [2.75, 3.05) is 40.8 Å². The van der Waals surface area contributed by atoms with Crippen molar-refractivity contribution >= 4 is 12.0 Å². The Balaban J connectivity index is 2.37. The Morgan fingerprint density at radius 1 is 1.19 bits per heavy atom. The van der Waals surface area contributed by atoms with Gasteiger partial charge in [0.05, 0.1) is 5.56 Å². The van der Waals surface area contributed by atoms with Gasteiger partial charge in [0.15, 0.2) is 0 Å². The Labute approximate surface area is 125 Å². The van der Waals surface area contributed by atoms with Gasteiger partial charge in [-0.15, -0.1) is 0 Å². The van der Waals surface area contributed by atoms with E-state index in [2.05, 4.69) is 5.32 Å². The summed E-state index contributed by atoms with van der Waals surface area (Å²) in [6, 6.07) is 6.63. The first kappa shape index (κ1) is 17.0. The summed E-state index contributed by atoms with van der Waals surface area (Å²) in [5.74, 6) is -0.940. The zero-order chi connectivity index (χ0) is 15.8. The number of carboxylic acids is 1. The van der Waals surface area contributed by atoms with Crippen molar-refractivity contribution in [2.45, 2.75) is 6.42 Å². The Hall–Kier alpha value is -2.08. The van der Waals surface area contributed by atoms with Crippen LogP contribution >= 0.6 is 0 Å². The number of nitrogens with zero attached hydrogens (tertiary/aromatic N) is 2. The van der Waals surface area contributed by atoms with Crippen molar-refractivity contribution in [3.05, 3.63) is 35.4 Å². The van der Waals surface area contributed by atoms with Gasteiger partial charge in [-0.1, -0.05) is 12.1 Å². The van der Waals surface area contributed by atoms with E-state index in [1.54, 1.807) is 30.1 Å². The van der Waals surface area contributed by atoms with Crippen LogP contribution in [0.1, 0.15) is 15.9 Å². The highest BCUT2D eigenvalue weighted by Gasteiger charge is 2.08. The molecule has 0 aliphatic rings. The average Bonchev–Trinajstić information content (AvgIpc) is 2.44. The number of benzene rings is 1. The van der Waals surface area contributed by atoms with Gasteiger partial charge < -0.3 is 20.2 Å². The molecule has 2 amide bonds. The van der Waals surface area contributed by atoms with Gasteiger partial charge in [-0.2, -0.15) is 0 Å². The third-order valence-electron chi connectivity index (χ3n) is 3.09. The number of rotatable bonds is 7. The van der Waals surface area contributed by atoms with E-state index in [4.69, 9.17) is 5.11 Å². The van der Waals surface area contributed by atoms with E-state index in [1.165, 1.54) is 0 Å². The summed E-state index contributed by atoms with van der Waals surface area (Å²) < 4.78 is 0. The van der Waals surface area contributed by atoms with E-state index in [1.807, 2.05) is 25.1 Å². The molecule has 0 heterocycles. The zero-order valence-corrected chi connectivity index (χ0v) is 12.8. The fraction of sp³-hybridized carbons (Fsp3) is 0.467. The Bertz CT molecular complexity index is 489. The van der Waals surface area contributed by atoms with Crippen LogP contribution in [-0.4, -0.2) is 67.7 Å². The molecule has 0 saturated heterocycles. The van der Waals surface area contributed by atoms with Gasteiger partial charge in [0.2, 0.25) is 0 Å². The molecule has 2 N–H and O–H groups in total. The number of carbonyl (C=O) groups is 2. The van der Waals surface area contributed by atoms with E-state index < -0.39 is 5.97 Å². The number of likely N-dealkylation sites (N-methyl/N-ethyl adjacent to an activating group) is 2. The summed E-state index contributed by atoms with van der Waals surface area (Å²) in [5.41, 5.74) is 1.16. The summed E-state index contributed by atoms with van der Waals surface area (Å²) in [6.07, 6.45) is 0.606. The van der Waals surface area contributed by atoms with Crippen LogP contribution in [0.5, 0.6) is 0 Å². The van der Waals surface area contributed by atoms with E-state index in [-0.39, 0.29) is 11.6 Å². The molecule has 0 aliphatic heterocycles. The maximum Gasteiger partial charge on any atom is 0.335 e. The maximum atomic E-state index is 11.8. The molecule has 0 aliphatic carbocycles. The van der Waals surface area contributed by atoms with Gasteiger partial charge in [-0.25, -0.2) is 9.59 Å². The Morgan fingerprint density at radius 3 is 2.52 bits per heavy atom. The fourth-order valence-electron chi connectivity index (χ4n) is 1.76. The van der Waals surface area contributed by atoms with Crippen molar-refractivity contribution in [3.8, 4) is 0 Å². The van der Waals surface area contributed by atoms with Crippen molar-refractivity contribution in [1.82, 2.24) is 15.1 Å². The first-order chi connectivity index (χ1) is 9.90. The minimum Gasteiger partial charge on any atom is -0.478 e. The maximum absolute atomic E-state index is 11.8. The highest BCUT2D eigenvalue weighted by molar-refractivity contribution is 5.87. The van der Waals surface area contributed by atoms with Crippen molar-refractivity contribution in [1.29, 1.82) is 0 Å². The lowest BCUT2D eigenvalue weighted by molar-refractivity contribution is 0.0696. The predicted molar refractivity (Wildman–Crippen MR) is 81.7 cm³/mol. The highest BCUT2D eigenvalue weighted by atomic mass is 16.4. The topological polar surface area (TPSA) is 72.9 Å². The number of hydrogen-bond donors (Lipinski definition) is 2. The minimum atomic E-state index is -0.940. The summed E-state index contributed by atoms with van der Waals surface area (Å²) in [5, 5.41) is 11.7. The van der Waals surface area contributed by atoms with Crippen LogP contribution in [-0.2, 0) is 6.42 Å². The third-order valence-corrected chi connectivity index (χ3v) is 3.09. The van der Waals surface area contributed by atoms with Crippen molar-refractivity contribution < 1.29 is 14.7 Å². The lowest BCUT2D eigenvalue weighted by Crippen LogP contribution is -2.41. The second kappa shape index (κ2) is 8.26. The zero-order valence-electron chi connectivity index (χ0n) is 12.8. The molecule has 0 aromatic heterocycles.